The first kappa shape index (κ1) is 12.6. The highest BCUT2D eigenvalue weighted by Crippen LogP contribution is 2.17. The van der Waals surface area contributed by atoms with Crippen LogP contribution < -0.4 is 5.32 Å². The summed E-state index contributed by atoms with van der Waals surface area (Å²) in [6, 6.07) is 5.77. The van der Waals surface area contributed by atoms with Crippen molar-refractivity contribution in [3.05, 3.63) is 29.3 Å². The van der Waals surface area contributed by atoms with E-state index in [1.807, 2.05) is 25.1 Å². The number of nitrogens with zero attached hydrogens (tertiary/aromatic N) is 1. The monoisotopic (exact) mass is 220 g/mol. The minimum atomic E-state index is 0.0464. The first-order valence-corrected chi connectivity index (χ1v) is 5.62. The SMILES string of the molecule is CCCNc1ccc(C(=O)N(C)C)cc1C. The molecule has 0 aliphatic carbocycles. The zero-order valence-corrected chi connectivity index (χ0v) is 10.5. The molecule has 0 saturated carbocycles. The minimum Gasteiger partial charge on any atom is -0.385 e. The van der Waals surface area contributed by atoms with Crippen LogP contribution in [-0.4, -0.2) is 31.4 Å². The predicted molar refractivity (Wildman–Crippen MR) is 68.0 cm³/mol. The molecule has 16 heavy (non-hydrogen) atoms. The minimum absolute atomic E-state index is 0.0464. The summed E-state index contributed by atoms with van der Waals surface area (Å²) in [6.45, 7) is 5.11. The number of anilines is 1. The van der Waals surface area contributed by atoms with E-state index >= 15 is 0 Å². The Morgan fingerprint density at radius 3 is 2.56 bits per heavy atom. The number of carbonyl (C=O) groups excluding carboxylic acids is 1. The lowest BCUT2D eigenvalue weighted by Gasteiger charge is -2.13. The fourth-order valence-electron chi connectivity index (χ4n) is 1.51. The molecular formula is C13H20N2O. The fraction of sp³-hybridized carbons (Fsp3) is 0.462. The zero-order valence-electron chi connectivity index (χ0n) is 10.5. The number of nitrogens with one attached hydrogen (secondary N) is 1. The third-order valence-electron chi connectivity index (χ3n) is 2.44. The Hall–Kier alpha value is -1.51. The first-order valence-electron chi connectivity index (χ1n) is 5.62. The van der Waals surface area contributed by atoms with E-state index in [0.29, 0.717) is 0 Å². The van der Waals surface area contributed by atoms with Crippen molar-refractivity contribution in [2.24, 2.45) is 0 Å². The average Bonchev–Trinajstić information content (AvgIpc) is 2.26. The van der Waals surface area contributed by atoms with Gasteiger partial charge in [-0.25, -0.2) is 0 Å². The Bertz CT molecular complexity index is 372. The van der Waals surface area contributed by atoms with Gasteiger partial charge in [0.2, 0.25) is 0 Å². The van der Waals surface area contributed by atoms with E-state index in [1.165, 1.54) is 0 Å². The molecule has 0 unspecified atom stereocenters. The fourth-order valence-corrected chi connectivity index (χ4v) is 1.51. The van der Waals surface area contributed by atoms with Crippen LogP contribution in [0.1, 0.15) is 29.3 Å². The van der Waals surface area contributed by atoms with Gasteiger partial charge in [0.1, 0.15) is 0 Å². The Labute approximate surface area is 97.5 Å². The quantitative estimate of drug-likeness (QED) is 0.845. The second kappa shape index (κ2) is 5.54. The third kappa shape index (κ3) is 2.99. The number of hydrogen-bond acceptors (Lipinski definition) is 2. The van der Waals surface area contributed by atoms with Crippen LogP contribution in [0.25, 0.3) is 0 Å². The molecule has 0 aliphatic heterocycles. The largest absolute Gasteiger partial charge is 0.385 e. The lowest BCUT2D eigenvalue weighted by atomic mass is 10.1. The Balaban J connectivity index is 2.86. The van der Waals surface area contributed by atoms with Gasteiger partial charge in [0.15, 0.2) is 0 Å². The second-order valence-electron chi connectivity index (χ2n) is 4.16. The van der Waals surface area contributed by atoms with Gasteiger partial charge in [-0.3, -0.25) is 4.79 Å². The summed E-state index contributed by atoms with van der Waals surface area (Å²) in [5.74, 6) is 0.0464. The Morgan fingerprint density at radius 1 is 1.38 bits per heavy atom. The van der Waals surface area contributed by atoms with E-state index in [0.717, 1.165) is 29.8 Å². The molecule has 1 rings (SSSR count). The molecule has 1 amide bonds. The average molecular weight is 220 g/mol. The van der Waals surface area contributed by atoms with Crippen LogP contribution in [0.2, 0.25) is 0 Å². The summed E-state index contributed by atoms with van der Waals surface area (Å²) >= 11 is 0. The lowest BCUT2D eigenvalue weighted by Crippen LogP contribution is -2.21. The predicted octanol–water partition coefficient (Wildman–Crippen LogP) is 2.52. The maximum absolute atomic E-state index is 11.7. The van der Waals surface area contributed by atoms with Gasteiger partial charge in [0, 0.05) is 31.9 Å². The van der Waals surface area contributed by atoms with E-state index in [1.54, 1.807) is 19.0 Å². The van der Waals surface area contributed by atoms with Crippen molar-refractivity contribution in [3.8, 4) is 0 Å². The third-order valence-corrected chi connectivity index (χ3v) is 2.44. The van der Waals surface area contributed by atoms with Gasteiger partial charge in [-0.1, -0.05) is 6.92 Å². The molecule has 0 fully saturated rings. The van der Waals surface area contributed by atoms with Crippen molar-refractivity contribution >= 4 is 11.6 Å². The van der Waals surface area contributed by atoms with E-state index < -0.39 is 0 Å². The Kier molecular flexibility index (Phi) is 4.35. The number of rotatable bonds is 4. The first-order chi connectivity index (χ1) is 7.56. The second-order valence-corrected chi connectivity index (χ2v) is 4.16. The molecule has 1 aromatic rings. The van der Waals surface area contributed by atoms with Crippen molar-refractivity contribution < 1.29 is 4.79 Å². The summed E-state index contributed by atoms with van der Waals surface area (Å²) in [5.41, 5.74) is 2.96. The molecule has 0 heterocycles. The summed E-state index contributed by atoms with van der Waals surface area (Å²) in [7, 11) is 3.53. The van der Waals surface area contributed by atoms with Crippen LogP contribution in [0.5, 0.6) is 0 Å². The molecule has 0 aromatic heterocycles. The molecule has 3 heteroatoms. The molecule has 0 aliphatic rings. The van der Waals surface area contributed by atoms with Gasteiger partial charge in [0.25, 0.3) is 5.91 Å². The highest BCUT2D eigenvalue weighted by molar-refractivity contribution is 5.94. The molecule has 88 valence electrons. The maximum Gasteiger partial charge on any atom is 0.253 e. The molecule has 0 atom stereocenters. The topological polar surface area (TPSA) is 32.3 Å². The van der Waals surface area contributed by atoms with Crippen LogP contribution in [0.15, 0.2) is 18.2 Å². The molecule has 0 bridgehead atoms. The number of hydrogen-bond donors (Lipinski definition) is 1. The molecule has 0 spiro atoms. The van der Waals surface area contributed by atoms with Crippen LogP contribution >= 0.6 is 0 Å². The van der Waals surface area contributed by atoms with Crippen LogP contribution in [0, 0.1) is 6.92 Å². The molecule has 0 radical (unpaired) electrons. The summed E-state index contributed by atoms with van der Waals surface area (Å²) in [6.07, 6.45) is 1.10. The lowest BCUT2D eigenvalue weighted by molar-refractivity contribution is 0.0827. The van der Waals surface area contributed by atoms with Gasteiger partial charge in [-0.05, 0) is 37.1 Å². The smallest absolute Gasteiger partial charge is 0.253 e. The number of amides is 1. The normalized spacial score (nSPS) is 10.0. The Morgan fingerprint density at radius 2 is 2.06 bits per heavy atom. The zero-order chi connectivity index (χ0) is 12.1. The van der Waals surface area contributed by atoms with Crippen molar-refractivity contribution in [3.63, 3.8) is 0 Å². The van der Waals surface area contributed by atoms with Crippen LogP contribution in [0.4, 0.5) is 5.69 Å². The summed E-state index contributed by atoms with van der Waals surface area (Å²) in [4.78, 5) is 13.3. The van der Waals surface area contributed by atoms with E-state index in [2.05, 4.69) is 12.2 Å². The molecular weight excluding hydrogens is 200 g/mol. The van der Waals surface area contributed by atoms with Crippen molar-refractivity contribution in [1.82, 2.24) is 4.90 Å². The van der Waals surface area contributed by atoms with Gasteiger partial charge in [0.05, 0.1) is 0 Å². The van der Waals surface area contributed by atoms with E-state index in [9.17, 15) is 4.79 Å². The van der Waals surface area contributed by atoms with Crippen molar-refractivity contribution in [2.75, 3.05) is 26.0 Å². The number of benzene rings is 1. The van der Waals surface area contributed by atoms with Gasteiger partial charge in [-0.2, -0.15) is 0 Å². The highest BCUT2D eigenvalue weighted by atomic mass is 16.2. The summed E-state index contributed by atoms with van der Waals surface area (Å²) in [5, 5.41) is 3.33. The van der Waals surface area contributed by atoms with Gasteiger partial charge < -0.3 is 10.2 Å². The van der Waals surface area contributed by atoms with E-state index in [4.69, 9.17) is 0 Å². The molecule has 3 nitrogen and oxygen atoms in total. The van der Waals surface area contributed by atoms with Crippen molar-refractivity contribution in [2.45, 2.75) is 20.3 Å². The van der Waals surface area contributed by atoms with Gasteiger partial charge in [-0.15, -0.1) is 0 Å². The van der Waals surface area contributed by atoms with Crippen molar-refractivity contribution in [1.29, 1.82) is 0 Å². The van der Waals surface area contributed by atoms with E-state index in [-0.39, 0.29) is 5.91 Å². The number of aryl methyl sites for hydroxylation is 1. The highest BCUT2D eigenvalue weighted by Gasteiger charge is 2.08. The van der Waals surface area contributed by atoms with Crippen LogP contribution in [0.3, 0.4) is 0 Å². The number of carbonyl (C=O) groups is 1. The van der Waals surface area contributed by atoms with Crippen LogP contribution in [-0.2, 0) is 0 Å². The molecule has 1 N–H and O–H groups in total. The molecule has 0 saturated heterocycles. The van der Waals surface area contributed by atoms with Gasteiger partial charge >= 0.3 is 0 Å². The summed E-state index contributed by atoms with van der Waals surface area (Å²) < 4.78 is 0. The maximum atomic E-state index is 11.7. The molecule has 1 aromatic carbocycles. The standard InChI is InChI=1S/C13H20N2O/c1-5-8-14-12-7-6-11(9-10(12)2)13(16)15(3)4/h6-7,9,14H,5,8H2,1-4H3.